The molecule has 4 aliphatic carbocycles. The van der Waals surface area contributed by atoms with Crippen molar-refractivity contribution in [2.75, 3.05) is 51.7 Å². The average molecular weight is 1060 g/mol. The van der Waals surface area contributed by atoms with Crippen molar-refractivity contribution in [3.8, 4) is 12.1 Å². The number of aliphatic hydroxyl groups is 2. The van der Waals surface area contributed by atoms with Crippen molar-refractivity contribution in [1.82, 2.24) is 45.0 Å². The SMILES string of the molecule is BrC1=NCC(C2CC2)N=C1.CNCCNC.N#Cc1ccc2ncn(C[C@@]3(O)CCC[C@@]4(CN(c5cnc(C6CC6)cn5)C(=O)O4)C3)c2c1.N#Cc1ccc2ncn(C[C@@]3(O)CCC[C@@]4(CNC(=O)O4)C3)c2c1. The van der Waals surface area contributed by atoms with Gasteiger partial charge >= 0.3 is 12.2 Å². The summed E-state index contributed by atoms with van der Waals surface area (Å²) in [5.41, 5.74) is 1.85. The van der Waals surface area contributed by atoms with Gasteiger partial charge in [0, 0.05) is 31.8 Å². The van der Waals surface area contributed by atoms with Crippen molar-refractivity contribution in [2.24, 2.45) is 15.9 Å². The zero-order valence-electron chi connectivity index (χ0n) is 41.3. The highest BCUT2D eigenvalue weighted by Crippen LogP contribution is 2.45. The summed E-state index contributed by atoms with van der Waals surface area (Å²) >= 11 is 3.29. The Morgan fingerprint density at radius 2 is 1.40 bits per heavy atom. The summed E-state index contributed by atoms with van der Waals surface area (Å²) in [6.07, 6.45) is 17.7. The fourth-order valence-electron chi connectivity index (χ4n) is 10.7. The van der Waals surface area contributed by atoms with Gasteiger partial charge in [-0.2, -0.15) is 10.5 Å². The molecule has 5 aromatic rings. The third kappa shape index (κ3) is 12.5. The number of aromatic nitrogens is 6. The lowest BCUT2D eigenvalue weighted by Gasteiger charge is -2.41. The molecular formula is C52H63BrN14O6. The van der Waals surface area contributed by atoms with Gasteiger partial charge in [-0.05, 0) is 137 Å². The van der Waals surface area contributed by atoms with Crippen LogP contribution >= 0.6 is 15.9 Å². The monoisotopic (exact) mass is 1060 g/mol. The third-order valence-electron chi connectivity index (χ3n) is 14.6. The second-order valence-electron chi connectivity index (χ2n) is 20.6. The number of carbonyl (C=O) groups excluding carboxylic acids is 2. The number of hydrogen-bond donors (Lipinski definition) is 5. The normalized spacial score (nSPS) is 27.1. The molecule has 7 aliphatic rings. The molecule has 3 aromatic heterocycles. The van der Waals surface area contributed by atoms with Crippen LogP contribution in [0.2, 0.25) is 0 Å². The Hall–Kier alpha value is -6.36. The summed E-state index contributed by atoms with van der Waals surface area (Å²) in [6.45, 7) is 4.45. The number of amides is 2. The maximum Gasteiger partial charge on any atom is 0.416 e. The van der Waals surface area contributed by atoms with E-state index in [4.69, 9.17) is 14.7 Å². The van der Waals surface area contributed by atoms with E-state index in [1.54, 1.807) is 55.4 Å². The summed E-state index contributed by atoms with van der Waals surface area (Å²) in [7, 11) is 3.88. The first-order chi connectivity index (χ1) is 35.2. The van der Waals surface area contributed by atoms with Crippen molar-refractivity contribution >= 4 is 66.8 Å². The smallest absolute Gasteiger partial charge is 0.416 e. The van der Waals surface area contributed by atoms with Crippen molar-refractivity contribution < 1.29 is 29.3 Å². The largest absolute Gasteiger partial charge is 0.441 e. The summed E-state index contributed by atoms with van der Waals surface area (Å²) in [4.78, 5) is 52.0. The van der Waals surface area contributed by atoms with Gasteiger partial charge in [0.15, 0.2) is 5.82 Å². The number of fused-ring (bicyclic) bond motifs is 2. The van der Waals surface area contributed by atoms with E-state index in [9.17, 15) is 25.1 Å². The first-order valence-corrected chi connectivity index (χ1v) is 26.0. The number of aliphatic imine (C=N–C) groups is 2. The summed E-state index contributed by atoms with van der Waals surface area (Å²) < 4.78 is 16.0. The number of alkyl carbamates (subject to hydrolysis) is 1. The molecule has 384 valence electrons. The molecular weight excluding hydrogens is 997 g/mol. The van der Waals surface area contributed by atoms with Crippen LogP contribution in [0.15, 0.2) is 71.4 Å². The van der Waals surface area contributed by atoms with Crippen molar-refractivity contribution in [1.29, 1.82) is 10.5 Å². The number of halogens is 1. The lowest BCUT2D eigenvalue weighted by atomic mass is 9.75. The molecule has 21 heteroatoms. The van der Waals surface area contributed by atoms with Crippen LogP contribution < -0.4 is 20.9 Å². The van der Waals surface area contributed by atoms with E-state index < -0.39 is 34.6 Å². The average Bonchev–Trinajstić information content (AvgIpc) is 4.30. The highest BCUT2D eigenvalue weighted by Gasteiger charge is 2.53. The molecule has 73 heavy (non-hydrogen) atoms. The van der Waals surface area contributed by atoms with E-state index in [0.29, 0.717) is 87.2 Å². The number of nitrogens with one attached hydrogen (secondary N) is 3. The van der Waals surface area contributed by atoms with E-state index in [1.165, 1.54) is 17.7 Å². The highest BCUT2D eigenvalue weighted by atomic mass is 79.9. The third-order valence-corrected chi connectivity index (χ3v) is 15.1. The molecule has 1 unspecified atom stereocenters. The van der Waals surface area contributed by atoms with Crippen molar-refractivity contribution in [3.63, 3.8) is 0 Å². The second-order valence-corrected chi connectivity index (χ2v) is 21.4. The van der Waals surface area contributed by atoms with Crippen LogP contribution in [0, 0.1) is 28.6 Å². The molecule has 5 N–H and O–H groups in total. The summed E-state index contributed by atoms with van der Waals surface area (Å²) in [5.74, 6) is 1.83. The maximum atomic E-state index is 12.8. The van der Waals surface area contributed by atoms with Crippen LogP contribution in [-0.4, -0.2) is 138 Å². The number of anilines is 1. The molecule has 2 saturated heterocycles. The lowest BCUT2D eigenvalue weighted by molar-refractivity contribution is -0.0926. The van der Waals surface area contributed by atoms with Gasteiger partial charge in [0.25, 0.3) is 0 Å². The summed E-state index contributed by atoms with van der Waals surface area (Å²) in [5, 5.41) is 49.7. The molecule has 3 aliphatic heterocycles. The molecule has 2 spiro atoms. The minimum Gasteiger partial charge on any atom is -0.441 e. The molecule has 0 radical (unpaired) electrons. The van der Waals surface area contributed by atoms with Crippen molar-refractivity contribution in [3.05, 3.63) is 78.3 Å². The number of nitriles is 2. The number of carbonyl (C=O) groups is 2. The first kappa shape index (κ1) is 51.5. The van der Waals surface area contributed by atoms with Crippen LogP contribution in [0.25, 0.3) is 22.1 Å². The van der Waals surface area contributed by atoms with Gasteiger partial charge in [-0.25, -0.2) is 24.5 Å². The second kappa shape index (κ2) is 22.0. The Morgan fingerprint density at radius 1 is 0.795 bits per heavy atom. The van der Waals surface area contributed by atoms with Gasteiger partial charge in [0.2, 0.25) is 0 Å². The molecule has 0 bridgehead atoms. The van der Waals surface area contributed by atoms with Crippen LogP contribution in [0.3, 0.4) is 0 Å². The predicted molar refractivity (Wildman–Crippen MR) is 278 cm³/mol. The quantitative estimate of drug-likeness (QED) is 0.1000. The van der Waals surface area contributed by atoms with Gasteiger partial charge in [-0.1, -0.05) is 0 Å². The zero-order chi connectivity index (χ0) is 51.2. The standard InChI is InChI=1S/C24H24N6O3.C17H18N4O3.C7H9BrN2.C4H12N2/c25-9-16-2-5-18-20(8-16)29(15-28-18)13-23(32)6-1-7-24(12-23)14-30(22(31)33-24)21-11-26-19(10-27-21)17-3-4-17;18-7-12-2-3-13-14(6-12)21(11-20-13)10-16(23)4-1-5-17(8-16)9-19-15(22)24-17;8-7-4-9-6(3-10-7)5-1-2-5;1-5-3-4-6-2/h2,5,8,10-11,15,17,32H,1,3-4,6-7,12-14H2;2-3,6,11,23H,1,4-5,8-10H2,(H,19,22);4-6H,1-3H2;5-6H,3-4H2,1-2H3/t23-,24+;16-,17+;;/m11../s1. The molecule has 12 rings (SSSR count). The maximum absolute atomic E-state index is 12.8. The number of rotatable bonds is 10. The molecule has 6 heterocycles. The highest BCUT2D eigenvalue weighted by molar-refractivity contribution is 9.19. The molecule has 6 fully saturated rings. The number of ether oxygens (including phenoxy) is 2. The number of benzene rings is 2. The molecule has 2 aromatic carbocycles. The van der Waals surface area contributed by atoms with Gasteiger partial charge in [0.05, 0.1) is 132 Å². The molecule has 20 nitrogen and oxygen atoms in total. The van der Waals surface area contributed by atoms with E-state index in [1.807, 2.05) is 35.5 Å². The van der Waals surface area contributed by atoms with Crippen LogP contribution in [0.1, 0.15) is 99.8 Å². The van der Waals surface area contributed by atoms with Gasteiger partial charge in [0.1, 0.15) is 15.8 Å². The fraction of sp³-hybridized carbons (Fsp3) is 0.538. The summed E-state index contributed by atoms with van der Waals surface area (Å²) in [6, 6.07) is 15.4. The topological polar surface area (TPSA) is 266 Å². The van der Waals surface area contributed by atoms with Crippen LogP contribution in [0.4, 0.5) is 15.4 Å². The van der Waals surface area contributed by atoms with E-state index in [2.05, 4.69) is 73.9 Å². The minimum atomic E-state index is -1.06. The van der Waals surface area contributed by atoms with Crippen LogP contribution in [-0.2, 0) is 22.6 Å². The lowest BCUT2D eigenvalue weighted by Crippen LogP contribution is -2.50. The van der Waals surface area contributed by atoms with E-state index in [-0.39, 0.29) is 0 Å². The number of nitrogens with zero attached hydrogens (tertiary/aromatic N) is 11. The van der Waals surface area contributed by atoms with Crippen LogP contribution in [0.5, 0.6) is 0 Å². The molecule has 2 amide bonds. The first-order valence-electron chi connectivity index (χ1n) is 25.2. The van der Waals surface area contributed by atoms with Gasteiger partial charge in [-0.15, -0.1) is 0 Å². The Balaban J connectivity index is 0.000000142. The van der Waals surface area contributed by atoms with Crippen molar-refractivity contribution in [2.45, 2.75) is 125 Å². The Bertz CT molecular complexity index is 2940. The number of likely N-dealkylation sites (N-methyl/N-ethyl adjacent to an activating group) is 2. The predicted octanol–water partition coefficient (Wildman–Crippen LogP) is 6.04. The van der Waals surface area contributed by atoms with E-state index >= 15 is 0 Å². The Kier molecular flexibility index (Phi) is 15.5. The Labute approximate surface area is 432 Å². The minimum absolute atomic E-state index is 0.313. The zero-order valence-corrected chi connectivity index (χ0v) is 42.9. The molecule has 5 atom stereocenters. The Morgan fingerprint density at radius 3 is 1.89 bits per heavy atom. The number of hydrogen-bond acceptors (Lipinski definition) is 16. The number of imidazole rings is 2. The molecule has 4 saturated carbocycles. The van der Waals surface area contributed by atoms with Gasteiger partial charge < -0.3 is 44.8 Å². The van der Waals surface area contributed by atoms with Gasteiger partial charge in [-0.3, -0.25) is 19.9 Å². The van der Waals surface area contributed by atoms with E-state index in [0.717, 1.165) is 90.0 Å². The fourth-order valence-corrected chi connectivity index (χ4v) is 11.0.